The van der Waals surface area contributed by atoms with Gasteiger partial charge >= 0.3 is 6.09 Å². The van der Waals surface area contributed by atoms with Crippen molar-refractivity contribution in [2.24, 2.45) is 7.05 Å². The fourth-order valence-corrected chi connectivity index (χ4v) is 2.66. The van der Waals surface area contributed by atoms with E-state index in [1.54, 1.807) is 0 Å². The Morgan fingerprint density at radius 3 is 2.46 bits per heavy atom. The summed E-state index contributed by atoms with van der Waals surface area (Å²) in [5.74, 6) is -1.48. The van der Waals surface area contributed by atoms with Crippen LogP contribution in [0.15, 0.2) is 30.9 Å². The zero-order valence-corrected chi connectivity index (χ0v) is 15.6. The number of aryl methyl sites for hydroxylation is 1. The Balaban J connectivity index is 0.00000280. The lowest BCUT2D eigenvalue weighted by atomic mass is 10.1. The molecule has 0 unspecified atom stereocenters. The van der Waals surface area contributed by atoms with Crippen LogP contribution < -0.4 is 10.6 Å². The van der Waals surface area contributed by atoms with Crippen LogP contribution in [0, 0.1) is 11.8 Å². The summed E-state index contributed by atoms with van der Waals surface area (Å²) in [7, 11) is 1.51. The van der Waals surface area contributed by atoms with E-state index in [0.29, 0.717) is 11.9 Å². The molecular weight excluding hydrogens is 396 g/mol. The average Bonchev–Trinajstić information content (AvgIpc) is 2.99. The van der Waals surface area contributed by atoms with Crippen LogP contribution in [0.4, 0.5) is 25.1 Å². The van der Waals surface area contributed by atoms with Crippen LogP contribution in [0.5, 0.6) is 0 Å². The van der Waals surface area contributed by atoms with Crippen LogP contribution >= 0.6 is 12.4 Å². The molecule has 12 heteroatoms. The Morgan fingerprint density at radius 1 is 1.21 bits per heavy atom. The van der Waals surface area contributed by atoms with Gasteiger partial charge in [-0.3, -0.25) is 9.58 Å². The summed E-state index contributed by atoms with van der Waals surface area (Å²) in [4.78, 5) is 24.3. The lowest BCUT2D eigenvalue weighted by Crippen LogP contribution is -2.35. The average molecular weight is 412 g/mol. The number of pyridine rings is 1. The predicted octanol–water partition coefficient (Wildman–Crippen LogP) is 2.80. The monoisotopic (exact) mass is 411 g/mol. The van der Waals surface area contributed by atoms with E-state index < -0.39 is 23.9 Å². The minimum Gasteiger partial charge on any atom is -0.465 e. The Labute approximate surface area is 164 Å². The number of aromatic nitrogens is 5. The molecule has 9 nitrogen and oxygen atoms in total. The number of anilines is 2. The molecule has 3 aromatic heterocycles. The molecule has 1 amide bonds. The van der Waals surface area contributed by atoms with Crippen LogP contribution in [0.2, 0.25) is 0 Å². The number of halogens is 3. The number of amides is 1. The first-order chi connectivity index (χ1) is 12.8. The van der Waals surface area contributed by atoms with E-state index in [2.05, 4.69) is 20.1 Å². The van der Waals surface area contributed by atoms with Crippen LogP contribution in [0.25, 0.3) is 11.4 Å². The lowest BCUT2D eigenvalue weighted by molar-refractivity contribution is 0.199. The summed E-state index contributed by atoms with van der Waals surface area (Å²) in [5, 5.41) is 13.8. The molecular formula is C16H16ClF2N7O2. The van der Waals surface area contributed by atoms with Crippen molar-refractivity contribution >= 4 is 30.0 Å². The number of hydrogen-bond acceptors (Lipinski definition) is 6. The maximum atomic E-state index is 14.1. The van der Waals surface area contributed by atoms with Gasteiger partial charge in [0.05, 0.1) is 42.1 Å². The van der Waals surface area contributed by atoms with Gasteiger partial charge in [-0.05, 0) is 13.0 Å². The van der Waals surface area contributed by atoms with Crippen LogP contribution in [-0.2, 0) is 7.05 Å². The standard InChI is InChI=1S/C16H15F2N7O2.ClH/c1-8(11-3-9(17)4-20-13(11)18)25(16(26)27)15-12(7-23-24(15)2)14-21-5-10(19)6-22-14;/h3-8H,19H2,1-2H3,(H,26,27);1H/t8-;/m1./s1. The van der Waals surface area contributed by atoms with Gasteiger partial charge in [-0.25, -0.2) is 24.1 Å². The van der Waals surface area contributed by atoms with Gasteiger partial charge < -0.3 is 10.8 Å². The van der Waals surface area contributed by atoms with Gasteiger partial charge in [0.25, 0.3) is 0 Å². The first-order valence-corrected chi connectivity index (χ1v) is 7.72. The SMILES string of the molecule is C[C@H](c1cc(F)cnc1F)N(C(=O)O)c1c(-c2ncc(N)cn2)cnn1C.Cl. The number of carbonyl (C=O) groups is 1. The zero-order chi connectivity index (χ0) is 19.7. The molecule has 3 aromatic rings. The third-order valence-electron chi connectivity index (χ3n) is 3.92. The van der Waals surface area contributed by atoms with Crippen molar-refractivity contribution in [2.75, 3.05) is 10.6 Å². The van der Waals surface area contributed by atoms with Gasteiger partial charge in [0.15, 0.2) is 5.82 Å². The number of carboxylic acid groups (broad SMARTS) is 1. The van der Waals surface area contributed by atoms with Gasteiger partial charge in [-0.2, -0.15) is 9.49 Å². The number of nitrogens with zero attached hydrogens (tertiary/aromatic N) is 6. The molecule has 0 aliphatic heterocycles. The Kier molecular flexibility index (Phi) is 6.09. The summed E-state index contributed by atoms with van der Waals surface area (Å²) in [6.45, 7) is 1.41. The van der Waals surface area contributed by atoms with Crippen LogP contribution in [0.3, 0.4) is 0 Å². The summed E-state index contributed by atoms with van der Waals surface area (Å²) in [5.41, 5.74) is 5.98. The number of nitrogens with two attached hydrogens (primary N) is 1. The van der Waals surface area contributed by atoms with E-state index in [1.165, 1.54) is 37.2 Å². The highest BCUT2D eigenvalue weighted by atomic mass is 35.5. The largest absolute Gasteiger partial charge is 0.465 e. The second-order valence-corrected chi connectivity index (χ2v) is 5.71. The van der Waals surface area contributed by atoms with Gasteiger partial charge in [0, 0.05) is 12.6 Å². The quantitative estimate of drug-likeness (QED) is 0.632. The third kappa shape index (κ3) is 3.83. The second-order valence-electron chi connectivity index (χ2n) is 5.71. The molecule has 3 N–H and O–H groups in total. The molecule has 0 saturated carbocycles. The molecule has 148 valence electrons. The minimum atomic E-state index is -1.40. The highest BCUT2D eigenvalue weighted by Gasteiger charge is 2.31. The summed E-state index contributed by atoms with van der Waals surface area (Å²) >= 11 is 0. The summed E-state index contributed by atoms with van der Waals surface area (Å²) in [6.07, 6.45) is 3.43. The number of nitrogen functional groups attached to an aromatic ring is 1. The highest BCUT2D eigenvalue weighted by Crippen LogP contribution is 2.34. The molecule has 0 aromatic carbocycles. The summed E-state index contributed by atoms with van der Waals surface area (Å²) in [6, 6.07) is -0.202. The van der Waals surface area contributed by atoms with Crippen molar-refractivity contribution in [2.45, 2.75) is 13.0 Å². The predicted molar refractivity (Wildman–Crippen MR) is 99.0 cm³/mol. The van der Waals surface area contributed by atoms with Crippen molar-refractivity contribution in [1.82, 2.24) is 24.7 Å². The molecule has 0 bridgehead atoms. The van der Waals surface area contributed by atoms with Crippen LogP contribution in [-0.4, -0.2) is 35.9 Å². The molecule has 0 saturated heterocycles. The van der Waals surface area contributed by atoms with Crippen molar-refractivity contribution in [3.8, 4) is 11.4 Å². The molecule has 0 spiro atoms. The van der Waals surface area contributed by atoms with Gasteiger partial charge in [0.1, 0.15) is 11.6 Å². The van der Waals surface area contributed by atoms with Crippen molar-refractivity contribution in [3.05, 3.63) is 48.2 Å². The van der Waals surface area contributed by atoms with E-state index >= 15 is 0 Å². The Morgan fingerprint density at radius 2 is 1.86 bits per heavy atom. The van der Waals surface area contributed by atoms with Crippen molar-refractivity contribution < 1.29 is 18.7 Å². The topological polar surface area (TPSA) is 123 Å². The summed E-state index contributed by atoms with van der Waals surface area (Å²) < 4.78 is 28.9. The van der Waals surface area contributed by atoms with Gasteiger partial charge in [0.2, 0.25) is 5.95 Å². The first kappa shape index (κ1) is 21.0. The lowest BCUT2D eigenvalue weighted by Gasteiger charge is -2.27. The molecule has 0 aliphatic rings. The molecule has 3 heterocycles. The van der Waals surface area contributed by atoms with E-state index in [1.807, 2.05) is 0 Å². The molecule has 0 aliphatic carbocycles. The molecule has 28 heavy (non-hydrogen) atoms. The van der Waals surface area contributed by atoms with E-state index in [4.69, 9.17) is 5.73 Å². The number of hydrogen-bond donors (Lipinski definition) is 2. The normalized spacial score (nSPS) is 11.6. The van der Waals surface area contributed by atoms with E-state index in [-0.39, 0.29) is 35.2 Å². The maximum absolute atomic E-state index is 14.1. The van der Waals surface area contributed by atoms with Crippen LogP contribution in [0.1, 0.15) is 18.5 Å². The second kappa shape index (κ2) is 8.13. The van der Waals surface area contributed by atoms with Gasteiger partial charge in [-0.15, -0.1) is 12.4 Å². The maximum Gasteiger partial charge on any atom is 0.413 e. The Hall–Kier alpha value is -3.34. The van der Waals surface area contributed by atoms with Crippen molar-refractivity contribution in [3.63, 3.8) is 0 Å². The Bertz CT molecular complexity index is 997. The molecule has 1 atom stereocenters. The minimum absolute atomic E-state index is 0. The van der Waals surface area contributed by atoms with E-state index in [9.17, 15) is 18.7 Å². The van der Waals surface area contributed by atoms with Gasteiger partial charge in [-0.1, -0.05) is 0 Å². The highest BCUT2D eigenvalue weighted by molar-refractivity contribution is 5.91. The van der Waals surface area contributed by atoms with E-state index in [0.717, 1.165) is 11.0 Å². The third-order valence-corrected chi connectivity index (χ3v) is 3.92. The fraction of sp³-hybridized carbons (Fsp3) is 0.188. The molecule has 3 rings (SSSR count). The molecule has 0 radical (unpaired) electrons. The fourth-order valence-electron chi connectivity index (χ4n) is 2.66. The smallest absolute Gasteiger partial charge is 0.413 e. The number of rotatable bonds is 4. The first-order valence-electron chi connectivity index (χ1n) is 7.72. The van der Waals surface area contributed by atoms with Crippen molar-refractivity contribution in [1.29, 1.82) is 0 Å². The zero-order valence-electron chi connectivity index (χ0n) is 14.7. The molecule has 0 fully saturated rings.